The van der Waals surface area contributed by atoms with E-state index in [2.05, 4.69) is 30.9 Å². The van der Waals surface area contributed by atoms with Gasteiger partial charge < -0.3 is 4.74 Å². The first-order valence-corrected chi connectivity index (χ1v) is 4.55. The highest BCUT2D eigenvalue weighted by Gasteiger charge is 2.08. The summed E-state index contributed by atoms with van der Waals surface area (Å²) in [7, 11) is 1.87. The van der Waals surface area contributed by atoms with Gasteiger partial charge in [-0.2, -0.15) is 5.10 Å². The van der Waals surface area contributed by atoms with Crippen LogP contribution in [0.3, 0.4) is 0 Å². The number of hydrogen-bond acceptors (Lipinski definition) is 3. The molecule has 0 aromatic carbocycles. The highest BCUT2D eigenvalue weighted by atomic mass is 16.5. The number of nitrogens with zero attached hydrogens (tertiary/aromatic N) is 3. The molecule has 0 bridgehead atoms. The van der Waals surface area contributed by atoms with Crippen LogP contribution in [0.15, 0.2) is 6.33 Å². The summed E-state index contributed by atoms with van der Waals surface area (Å²) in [5, 5.41) is 3.96. The Bertz CT molecular complexity index is 257. The lowest BCUT2D eigenvalue weighted by atomic mass is 10.1. The van der Waals surface area contributed by atoms with Gasteiger partial charge in [0.2, 0.25) is 0 Å². The molecule has 0 aliphatic rings. The van der Waals surface area contributed by atoms with Crippen LogP contribution in [0.25, 0.3) is 0 Å². The fourth-order valence-corrected chi connectivity index (χ4v) is 0.849. The highest BCUT2D eigenvalue weighted by Crippen LogP contribution is 2.07. The van der Waals surface area contributed by atoms with Crippen molar-refractivity contribution in [3.05, 3.63) is 12.2 Å². The largest absolute Gasteiger partial charge is 0.370 e. The van der Waals surface area contributed by atoms with Gasteiger partial charge in [0.15, 0.2) is 5.82 Å². The first-order valence-electron chi connectivity index (χ1n) is 4.55. The first kappa shape index (κ1) is 10.2. The van der Waals surface area contributed by atoms with Gasteiger partial charge in [0.05, 0.1) is 6.10 Å². The maximum Gasteiger partial charge on any atom is 0.152 e. The van der Waals surface area contributed by atoms with Crippen molar-refractivity contribution < 1.29 is 4.74 Å². The van der Waals surface area contributed by atoms with Crippen molar-refractivity contribution in [2.75, 3.05) is 0 Å². The Morgan fingerprint density at radius 2 is 2.15 bits per heavy atom. The zero-order valence-electron chi connectivity index (χ0n) is 8.69. The molecule has 74 valence electrons. The average Bonchev–Trinajstić information content (AvgIpc) is 2.47. The molecule has 1 rings (SSSR count). The minimum Gasteiger partial charge on any atom is -0.370 e. The van der Waals surface area contributed by atoms with Gasteiger partial charge in [0.1, 0.15) is 12.9 Å². The van der Waals surface area contributed by atoms with E-state index >= 15 is 0 Å². The smallest absolute Gasteiger partial charge is 0.152 e. The van der Waals surface area contributed by atoms with E-state index in [1.807, 2.05) is 7.05 Å². The standard InChI is InChI=1S/C9H17N3O/c1-7(2)8(3)13-5-9-10-6-11-12(9)4/h6-8H,5H2,1-4H3. The normalized spacial score (nSPS) is 13.6. The molecule has 4 nitrogen and oxygen atoms in total. The Hall–Kier alpha value is -0.900. The summed E-state index contributed by atoms with van der Waals surface area (Å²) in [5.41, 5.74) is 0. The Labute approximate surface area is 78.9 Å². The second-order valence-electron chi connectivity index (χ2n) is 3.56. The van der Waals surface area contributed by atoms with E-state index in [9.17, 15) is 0 Å². The van der Waals surface area contributed by atoms with Crippen molar-refractivity contribution in [3.63, 3.8) is 0 Å². The van der Waals surface area contributed by atoms with E-state index in [0.717, 1.165) is 5.82 Å². The summed E-state index contributed by atoms with van der Waals surface area (Å²) < 4.78 is 7.33. The molecular formula is C9H17N3O. The number of ether oxygens (including phenoxy) is 1. The lowest BCUT2D eigenvalue weighted by Gasteiger charge is -2.15. The molecule has 0 saturated heterocycles. The van der Waals surface area contributed by atoms with Crippen molar-refractivity contribution in [3.8, 4) is 0 Å². The molecule has 1 atom stereocenters. The van der Waals surface area contributed by atoms with Gasteiger partial charge in [-0.1, -0.05) is 13.8 Å². The van der Waals surface area contributed by atoms with Gasteiger partial charge in [-0.3, -0.25) is 4.68 Å². The van der Waals surface area contributed by atoms with E-state index < -0.39 is 0 Å². The molecule has 0 aliphatic heterocycles. The molecule has 1 heterocycles. The third kappa shape index (κ3) is 2.81. The molecule has 0 N–H and O–H groups in total. The van der Waals surface area contributed by atoms with Gasteiger partial charge in [0.25, 0.3) is 0 Å². The molecule has 1 aromatic heterocycles. The molecule has 0 radical (unpaired) electrons. The molecule has 0 fully saturated rings. The van der Waals surface area contributed by atoms with E-state index in [4.69, 9.17) is 4.74 Å². The van der Waals surface area contributed by atoms with Crippen LogP contribution in [0.2, 0.25) is 0 Å². The molecule has 13 heavy (non-hydrogen) atoms. The van der Waals surface area contributed by atoms with Crippen molar-refractivity contribution in [2.45, 2.75) is 33.5 Å². The Balaban J connectivity index is 2.39. The lowest BCUT2D eigenvalue weighted by Crippen LogP contribution is -2.16. The SMILES string of the molecule is CC(C)C(C)OCc1ncnn1C. The second-order valence-corrected chi connectivity index (χ2v) is 3.56. The van der Waals surface area contributed by atoms with Crippen LogP contribution in [-0.4, -0.2) is 20.9 Å². The number of aromatic nitrogens is 3. The highest BCUT2D eigenvalue weighted by molar-refractivity contribution is 4.79. The minimum absolute atomic E-state index is 0.261. The summed E-state index contributed by atoms with van der Waals surface area (Å²) >= 11 is 0. The third-order valence-electron chi connectivity index (χ3n) is 2.22. The summed E-state index contributed by atoms with van der Waals surface area (Å²) in [6, 6.07) is 0. The van der Waals surface area contributed by atoms with Crippen LogP contribution in [0.5, 0.6) is 0 Å². The summed E-state index contributed by atoms with van der Waals surface area (Å²) in [5.74, 6) is 1.40. The Morgan fingerprint density at radius 3 is 2.62 bits per heavy atom. The maximum atomic E-state index is 5.61. The van der Waals surface area contributed by atoms with Crippen LogP contribution in [0, 0.1) is 5.92 Å². The molecule has 4 heteroatoms. The molecule has 0 spiro atoms. The van der Waals surface area contributed by atoms with Crippen molar-refractivity contribution in [2.24, 2.45) is 13.0 Å². The van der Waals surface area contributed by atoms with Gasteiger partial charge in [-0.25, -0.2) is 4.98 Å². The quantitative estimate of drug-likeness (QED) is 0.708. The summed E-state index contributed by atoms with van der Waals surface area (Å²) in [6.07, 6.45) is 1.80. The van der Waals surface area contributed by atoms with Crippen molar-refractivity contribution in [1.29, 1.82) is 0 Å². The topological polar surface area (TPSA) is 39.9 Å². The van der Waals surface area contributed by atoms with E-state index in [1.54, 1.807) is 11.0 Å². The second kappa shape index (κ2) is 4.37. The Morgan fingerprint density at radius 1 is 1.46 bits per heavy atom. The van der Waals surface area contributed by atoms with Crippen LogP contribution in [0.1, 0.15) is 26.6 Å². The maximum absolute atomic E-state index is 5.61. The van der Waals surface area contributed by atoms with Gasteiger partial charge >= 0.3 is 0 Å². The molecular weight excluding hydrogens is 166 g/mol. The van der Waals surface area contributed by atoms with Crippen LogP contribution < -0.4 is 0 Å². The number of hydrogen-bond donors (Lipinski definition) is 0. The number of aryl methyl sites for hydroxylation is 1. The minimum atomic E-state index is 0.261. The lowest BCUT2D eigenvalue weighted by molar-refractivity contribution is 0.0186. The van der Waals surface area contributed by atoms with E-state index in [0.29, 0.717) is 12.5 Å². The average molecular weight is 183 g/mol. The first-order chi connectivity index (χ1) is 6.11. The predicted octanol–water partition coefficient (Wildman–Crippen LogP) is 1.38. The van der Waals surface area contributed by atoms with Gasteiger partial charge in [-0.05, 0) is 12.8 Å². The van der Waals surface area contributed by atoms with Gasteiger partial charge in [0, 0.05) is 7.05 Å². The fourth-order valence-electron chi connectivity index (χ4n) is 0.849. The van der Waals surface area contributed by atoms with Crippen molar-refractivity contribution >= 4 is 0 Å². The summed E-state index contributed by atoms with van der Waals surface area (Å²) in [6.45, 7) is 6.89. The fraction of sp³-hybridized carbons (Fsp3) is 0.778. The molecule has 0 amide bonds. The molecule has 1 aromatic rings. The molecule has 1 unspecified atom stereocenters. The van der Waals surface area contributed by atoms with Crippen molar-refractivity contribution in [1.82, 2.24) is 14.8 Å². The van der Waals surface area contributed by atoms with E-state index in [-0.39, 0.29) is 6.10 Å². The molecule has 0 saturated carbocycles. The third-order valence-corrected chi connectivity index (χ3v) is 2.22. The Kier molecular flexibility index (Phi) is 3.42. The van der Waals surface area contributed by atoms with Gasteiger partial charge in [-0.15, -0.1) is 0 Å². The predicted molar refractivity (Wildman–Crippen MR) is 50.1 cm³/mol. The summed E-state index contributed by atoms with van der Waals surface area (Å²) in [4.78, 5) is 4.07. The van der Waals surface area contributed by atoms with E-state index in [1.165, 1.54) is 0 Å². The number of rotatable bonds is 4. The van der Waals surface area contributed by atoms with Crippen LogP contribution >= 0.6 is 0 Å². The zero-order chi connectivity index (χ0) is 9.84. The van der Waals surface area contributed by atoms with Crippen LogP contribution in [-0.2, 0) is 18.4 Å². The van der Waals surface area contributed by atoms with Crippen LogP contribution in [0.4, 0.5) is 0 Å². The zero-order valence-corrected chi connectivity index (χ0v) is 8.69. The monoisotopic (exact) mass is 183 g/mol. The molecule has 0 aliphatic carbocycles.